The van der Waals surface area contributed by atoms with Gasteiger partial charge in [0.05, 0.1) is 21.7 Å². The Morgan fingerprint density at radius 3 is 2.51 bits per heavy atom. The highest BCUT2D eigenvalue weighted by atomic mass is 35.5. The minimum Gasteiger partial charge on any atom is -0.344 e. The molecule has 0 spiro atoms. The lowest BCUT2D eigenvalue weighted by atomic mass is 9.98. The highest BCUT2D eigenvalue weighted by Crippen LogP contribution is 2.51. The second-order valence-corrected chi connectivity index (χ2v) is 12.9. The van der Waals surface area contributed by atoms with Crippen LogP contribution in [0.1, 0.15) is 37.8 Å². The summed E-state index contributed by atoms with van der Waals surface area (Å²) in [5.74, 6) is -1.40. The molecule has 0 bridgehead atoms. The molecule has 2 saturated carbocycles. The highest BCUT2D eigenvalue weighted by molar-refractivity contribution is 8.00. The molecule has 3 aromatic rings. The van der Waals surface area contributed by atoms with Gasteiger partial charge >= 0.3 is 0 Å². The molecular formula is C31H29ClF2N4O2S. The van der Waals surface area contributed by atoms with Gasteiger partial charge in [-0.1, -0.05) is 35.9 Å². The Morgan fingerprint density at radius 1 is 1.10 bits per heavy atom. The van der Waals surface area contributed by atoms with Gasteiger partial charge in [-0.15, -0.1) is 11.8 Å². The third-order valence-corrected chi connectivity index (χ3v) is 9.51. The van der Waals surface area contributed by atoms with Gasteiger partial charge in [-0.25, -0.2) is 8.78 Å². The number of halogens is 3. The molecule has 2 unspecified atom stereocenters. The van der Waals surface area contributed by atoms with Gasteiger partial charge in [0.25, 0.3) is 0 Å². The molecule has 2 atom stereocenters. The number of carbonyl (C=O) groups excluding carboxylic acids is 2. The molecule has 3 fully saturated rings. The first-order valence-electron chi connectivity index (χ1n) is 13.6. The van der Waals surface area contributed by atoms with Gasteiger partial charge in [-0.2, -0.15) is 0 Å². The Labute approximate surface area is 246 Å². The third-order valence-electron chi connectivity index (χ3n) is 8.10. The summed E-state index contributed by atoms with van der Waals surface area (Å²) >= 11 is 7.52. The van der Waals surface area contributed by atoms with Crippen molar-refractivity contribution in [2.45, 2.75) is 59.2 Å². The Morgan fingerprint density at radius 2 is 1.85 bits per heavy atom. The highest BCUT2D eigenvalue weighted by Gasteiger charge is 2.58. The van der Waals surface area contributed by atoms with Crippen LogP contribution in [0.2, 0.25) is 5.02 Å². The van der Waals surface area contributed by atoms with Crippen molar-refractivity contribution in [2.75, 3.05) is 13.6 Å². The van der Waals surface area contributed by atoms with Gasteiger partial charge in [0.15, 0.2) is 0 Å². The van der Waals surface area contributed by atoms with Crippen LogP contribution in [0, 0.1) is 11.6 Å². The van der Waals surface area contributed by atoms with Crippen molar-refractivity contribution in [1.82, 2.24) is 15.2 Å². The monoisotopic (exact) mass is 594 g/mol. The van der Waals surface area contributed by atoms with Crippen LogP contribution in [-0.4, -0.2) is 58.3 Å². The van der Waals surface area contributed by atoms with Gasteiger partial charge in [0.2, 0.25) is 11.8 Å². The third kappa shape index (κ3) is 5.62. The van der Waals surface area contributed by atoms with Gasteiger partial charge in [0, 0.05) is 36.1 Å². The van der Waals surface area contributed by atoms with Crippen molar-refractivity contribution in [1.29, 1.82) is 0 Å². The maximum atomic E-state index is 14.9. The van der Waals surface area contributed by atoms with E-state index in [1.807, 2.05) is 24.3 Å². The molecule has 41 heavy (non-hydrogen) atoms. The number of pyridine rings is 1. The number of thioether (sulfide) groups is 1. The maximum absolute atomic E-state index is 14.9. The zero-order valence-electron chi connectivity index (χ0n) is 22.4. The topological polar surface area (TPSA) is 74.7 Å². The summed E-state index contributed by atoms with van der Waals surface area (Å²) in [4.78, 5) is 38.6. The number of benzene rings is 2. The molecule has 212 valence electrons. The zero-order valence-corrected chi connectivity index (χ0v) is 24.0. The lowest BCUT2D eigenvalue weighted by Gasteiger charge is -2.29. The molecule has 1 aliphatic heterocycles. The summed E-state index contributed by atoms with van der Waals surface area (Å²) in [6.45, 7) is 0.341. The van der Waals surface area contributed by atoms with Gasteiger partial charge < -0.3 is 10.2 Å². The fraction of sp³-hybridized carbons (Fsp3) is 0.355. The summed E-state index contributed by atoms with van der Waals surface area (Å²) in [7, 11) is 1.68. The van der Waals surface area contributed by atoms with E-state index in [-0.39, 0.29) is 33.6 Å². The Hall–Kier alpha value is -3.30. The number of likely N-dealkylation sites (tertiary alicyclic amines) is 1. The SMILES string of the molecule is CN=CC1(NC(=O)C2CC(Sc3cccc(-c4ccc(F)cc4)c3)CN2C(=O)C2(c3ncc(Cl)cc3F)CC2)CC1. The molecule has 6 nitrogen and oxygen atoms in total. The number of carbonyl (C=O) groups is 2. The summed E-state index contributed by atoms with van der Waals surface area (Å²) < 4.78 is 28.4. The predicted octanol–water partition coefficient (Wildman–Crippen LogP) is 5.82. The van der Waals surface area contributed by atoms with Crippen LogP contribution in [0.4, 0.5) is 8.78 Å². The van der Waals surface area contributed by atoms with Crippen LogP contribution in [0.3, 0.4) is 0 Å². The molecule has 6 rings (SSSR count). The van der Waals surface area contributed by atoms with Crippen molar-refractivity contribution in [3.63, 3.8) is 0 Å². The molecule has 10 heteroatoms. The molecule has 2 aromatic carbocycles. The predicted molar refractivity (Wildman–Crippen MR) is 156 cm³/mol. The molecule has 2 aliphatic carbocycles. The van der Waals surface area contributed by atoms with E-state index in [2.05, 4.69) is 15.3 Å². The first kappa shape index (κ1) is 27.8. The van der Waals surface area contributed by atoms with E-state index in [9.17, 15) is 18.4 Å². The number of nitrogens with zero attached hydrogens (tertiary/aromatic N) is 3. The van der Waals surface area contributed by atoms with Crippen molar-refractivity contribution >= 4 is 41.4 Å². The zero-order chi connectivity index (χ0) is 28.8. The number of rotatable bonds is 8. The van der Waals surface area contributed by atoms with Crippen LogP contribution in [0.15, 0.2) is 70.7 Å². The molecule has 0 radical (unpaired) electrons. The molecule has 2 amide bonds. The minimum absolute atomic E-state index is 0.0630. The van der Waals surface area contributed by atoms with Crippen LogP contribution < -0.4 is 5.32 Å². The fourth-order valence-electron chi connectivity index (χ4n) is 5.65. The van der Waals surface area contributed by atoms with Crippen molar-refractivity contribution in [3.8, 4) is 11.1 Å². The van der Waals surface area contributed by atoms with E-state index in [4.69, 9.17) is 11.6 Å². The second-order valence-electron chi connectivity index (χ2n) is 11.1. The van der Waals surface area contributed by atoms with Crippen molar-refractivity contribution < 1.29 is 18.4 Å². The first-order valence-corrected chi connectivity index (χ1v) is 14.9. The number of hydrogen-bond acceptors (Lipinski definition) is 5. The Bertz CT molecular complexity index is 1520. The first-order chi connectivity index (χ1) is 19.7. The number of nitrogens with one attached hydrogen (secondary N) is 1. The second kappa shape index (κ2) is 10.8. The molecule has 1 aromatic heterocycles. The van der Waals surface area contributed by atoms with Crippen LogP contribution in [-0.2, 0) is 15.0 Å². The molecule has 1 saturated heterocycles. The van der Waals surface area contributed by atoms with Gasteiger partial charge in [-0.05, 0) is 73.6 Å². The molecule has 2 heterocycles. The fourth-order valence-corrected chi connectivity index (χ4v) is 7.05. The smallest absolute Gasteiger partial charge is 0.243 e. The van der Waals surface area contributed by atoms with Gasteiger partial charge in [0.1, 0.15) is 17.7 Å². The average molecular weight is 595 g/mol. The summed E-state index contributed by atoms with van der Waals surface area (Å²) in [6, 6.07) is 14.7. The number of amides is 2. The van der Waals surface area contributed by atoms with Crippen molar-refractivity contribution in [2.24, 2.45) is 4.99 Å². The maximum Gasteiger partial charge on any atom is 0.243 e. The van der Waals surface area contributed by atoms with Crippen LogP contribution >= 0.6 is 23.4 Å². The van der Waals surface area contributed by atoms with Crippen molar-refractivity contribution in [3.05, 3.63) is 83.1 Å². The van der Waals surface area contributed by atoms with E-state index >= 15 is 0 Å². The van der Waals surface area contributed by atoms with Crippen LogP contribution in [0.25, 0.3) is 11.1 Å². The van der Waals surface area contributed by atoms with E-state index < -0.39 is 22.8 Å². The lowest BCUT2D eigenvalue weighted by molar-refractivity contribution is -0.140. The van der Waals surface area contributed by atoms with E-state index in [0.717, 1.165) is 28.9 Å². The molecule has 3 aliphatic rings. The van der Waals surface area contributed by atoms with E-state index in [1.165, 1.54) is 24.4 Å². The molecule has 1 N–H and O–H groups in total. The number of aromatic nitrogens is 1. The van der Waals surface area contributed by atoms with E-state index in [0.29, 0.717) is 25.8 Å². The number of aliphatic imine (C=N–C) groups is 1. The van der Waals surface area contributed by atoms with E-state index in [1.54, 1.807) is 42.1 Å². The summed E-state index contributed by atoms with van der Waals surface area (Å²) in [5, 5.41) is 3.22. The van der Waals surface area contributed by atoms with Gasteiger partial charge in [-0.3, -0.25) is 19.6 Å². The Balaban J connectivity index is 1.26. The quantitative estimate of drug-likeness (QED) is 0.333. The standard InChI is InChI=1S/C31H29ClF2N4O2S/c1-35-18-30(9-10-30)37-28(39)26-15-24(41-23-4-2-3-20(13-23)19-5-7-22(33)8-6-19)17-38(26)29(40)31(11-12-31)27-25(34)14-21(32)16-36-27/h2-8,13-14,16,18,24,26H,9-12,15,17H2,1H3,(H,37,39). The lowest BCUT2D eigenvalue weighted by Crippen LogP contribution is -2.52. The number of hydrogen-bond donors (Lipinski definition) is 1. The van der Waals surface area contributed by atoms with Crippen LogP contribution in [0.5, 0.6) is 0 Å². The summed E-state index contributed by atoms with van der Waals surface area (Å²) in [6.07, 6.45) is 6.10. The normalized spacial score (nSPS) is 22.1. The minimum atomic E-state index is -1.09. The largest absolute Gasteiger partial charge is 0.344 e. The average Bonchev–Trinajstić information content (AvgIpc) is 3.87. The summed E-state index contributed by atoms with van der Waals surface area (Å²) in [5.41, 5.74) is 0.389. The molecular weight excluding hydrogens is 566 g/mol. The Kier molecular flexibility index (Phi) is 7.36.